The molecular formula is C20H23F3N4O. The minimum Gasteiger partial charge on any atom is -0.330 e. The Balaban J connectivity index is 1.42. The van der Waals surface area contributed by atoms with Crippen LogP contribution < -0.4 is 0 Å². The van der Waals surface area contributed by atoms with Crippen molar-refractivity contribution in [3.63, 3.8) is 0 Å². The number of fused-ring (bicyclic) bond motifs is 4. The Morgan fingerprint density at radius 3 is 2.57 bits per heavy atom. The summed E-state index contributed by atoms with van der Waals surface area (Å²) < 4.78 is 40.6. The maximum Gasteiger partial charge on any atom is 0.471 e. The van der Waals surface area contributed by atoms with E-state index in [0.717, 1.165) is 65.0 Å². The summed E-state index contributed by atoms with van der Waals surface area (Å²) in [6.45, 7) is 3.05. The highest BCUT2D eigenvalue weighted by atomic mass is 19.4. The van der Waals surface area contributed by atoms with Gasteiger partial charge in [0, 0.05) is 45.2 Å². The van der Waals surface area contributed by atoms with Gasteiger partial charge in [-0.05, 0) is 42.5 Å². The molecule has 0 bridgehead atoms. The first-order valence-corrected chi connectivity index (χ1v) is 10.0. The number of alkyl halides is 3. The molecule has 3 aliphatic rings. The molecule has 0 saturated heterocycles. The van der Waals surface area contributed by atoms with Crippen LogP contribution in [0.3, 0.4) is 0 Å². The van der Waals surface area contributed by atoms with E-state index in [1.165, 1.54) is 19.3 Å². The van der Waals surface area contributed by atoms with Crippen molar-refractivity contribution >= 4 is 16.9 Å². The van der Waals surface area contributed by atoms with Crippen molar-refractivity contribution in [2.45, 2.75) is 57.4 Å². The number of amides is 1. The van der Waals surface area contributed by atoms with Crippen molar-refractivity contribution in [3.8, 4) is 0 Å². The Labute approximate surface area is 161 Å². The van der Waals surface area contributed by atoms with Crippen LogP contribution >= 0.6 is 0 Å². The van der Waals surface area contributed by atoms with E-state index in [1.54, 1.807) is 0 Å². The summed E-state index contributed by atoms with van der Waals surface area (Å²) in [5.74, 6) is -0.697. The monoisotopic (exact) mass is 392 g/mol. The van der Waals surface area contributed by atoms with Crippen LogP contribution in [0.25, 0.3) is 11.0 Å². The summed E-state index contributed by atoms with van der Waals surface area (Å²) in [6, 6.07) is 4.68. The van der Waals surface area contributed by atoms with E-state index in [9.17, 15) is 18.0 Å². The van der Waals surface area contributed by atoms with Gasteiger partial charge in [-0.2, -0.15) is 13.2 Å². The summed E-state index contributed by atoms with van der Waals surface area (Å²) in [5, 5.41) is 0. The third-order valence-corrected chi connectivity index (χ3v) is 6.52. The number of benzene rings is 1. The van der Waals surface area contributed by atoms with Crippen molar-refractivity contribution in [3.05, 3.63) is 29.1 Å². The van der Waals surface area contributed by atoms with Gasteiger partial charge in [0.2, 0.25) is 0 Å². The molecule has 1 fully saturated rings. The lowest BCUT2D eigenvalue weighted by atomic mass is 9.91. The zero-order valence-electron chi connectivity index (χ0n) is 15.6. The zero-order valence-corrected chi connectivity index (χ0v) is 15.6. The van der Waals surface area contributed by atoms with Crippen LogP contribution in [0.2, 0.25) is 0 Å². The predicted molar refractivity (Wildman–Crippen MR) is 97.8 cm³/mol. The normalized spacial score (nSPS) is 21.2. The number of nitrogens with zero attached hydrogens (tertiary/aromatic N) is 4. The highest BCUT2D eigenvalue weighted by Crippen LogP contribution is 2.30. The first-order valence-electron chi connectivity index (χ1n) is 10.0. The first kappa shape index (κ1) is 18.0. The average molecular weight is 392 g/mol. The van der Waals surface area contributed by atoms with E-state index in [4.69, 9.17) is 4.98 Å². The Bertz CT molecular complexity index is 932. The fraction of sp³-hybridized carbons (Fsp3) is 0.600. The first-order chi connectivity index (χ1) is 13.4. The largest absolute Gasteiger partial charge is 0.471 e. The minimum atomic E-state index is -4.82. The topological polar surface area (TPSA) is 41.4 Å². The molecule has 5 rings (SSSR count). The second-order valence-electron chi connectivity index (χ2n) is 8.13. The molecule has 28 heavy (non-hydrogen) atoms. The third-order valence-electron chi connectivity index (χ3n) is 6.52. The van der Waals surface area contributed by atoms with Gasteiger partial charge in [-0.25, -0.2) is 4.98 Å². The van der Waals surface area contributed by atoms with Crippen LogP contribution in [0.4, 0.5) is 13.2 Å². The number of halogens is 3. The maximum atomic E-state index is 12.8. The number of aromatic nitrogens is 2. The summed E-state index contributed by atoms with van der Waals surface area (Å²) in [4.78, 5) is 19.8. The van der Waals surface area contributed by atoms with Gasteiger partial charge in [-0.15, -0.1) is 0 Å². The van der Waals surface area contributed by atoms with Gasteiger partial charge in [0.25, 0.3) is 0 Å². The summed E-state index contributed by atoms with van der Waals surface area (Å²) in [6.07, 6.45) is 0.443. The maximum absolute atomic E-state index is 12.8. The smallest absolute Gasteiger partial charge is 0.330 e. The fourth-order valence-corrected chi connectivity index (χ4v) is 4.72. The van der Waals surface area contributed by atoms with E-state index in [2.05, 4.69) is 15.5 Å². The molecule has 3 heterocycles. The zero-order chi connectivity index (χ0) is 19.5. The van der Waals surface area contributed by atoms with Crippen LogP contribution in [-0.2, 0) is 30.7 Å². The highest BCUT2D eigenvalue weighted by Gasteiger charge is 2.43. The Kier molecular flexibility index (Phi) is 4.15. The molecule has 0 spiro atoms. The van der Waals surface area contributed by atoms with Crippen LogP contribution in [0.5, 0.6) is 0 Å². The standard InChI is InChI=1S/C20H23F3N4O/c21-20(22,23)19(28)26-6-4-13-11-17-16(10-14(13)12-26)24-18-5-7-25(8-9-27(17)18)15-2-1-3-15/h10-11,15H,1-9,12H2. The average Bonchev–Trinajstić information content (AvgIpc) is 2.81. The second kappa shape index (κ2) is 6.47. The summed E-state index contributed by atoms with van der Waals surface area (Å²) in [5.41, 5.74) is 3.70. The lowest BCUT2D eigenvalue weighted by Gasteiger charge is -2.36. The number of carbonyl (C=O) groups is 1. The summed E-state index contributed by atoms with van der Waals surface area (Å²) >= 11 is 0. The van der Waals surface area contributed by atoms with E-state index >= 15 is 0 Å². The molecule has 0 radical (unpaired) electrons. The van der Waals surface area contributed by atoms with Crippen molar-refractivity contribution in [2.24, 2.45) is 0 Å². The van der Waals surface area contributed by atoms with Gasteiger partial charge in [0.1, 0.15) is 5.82 Å². The molecule has 1 amide bonds. The van der Waals surface area contributed by atoms with Crippen molar-refractivity contribution in [2.75, 3.05) is 19.6 Å². The third kappa shape index (κ3) is 2.98. The molecule has 0 N–H and O–H groups in total. The minimum absolute atomic E-state index is 0.00126. The predicted octanol–water partition coefficient (Wildman–Crippen LogP) is 2.89. The van der Waals surface area contributed by atoms with Gasteiger partial charge in [-0.3, -0.25) is 9.69 Å². The number of hydrogen-bond donors (Lipinski definition) is 0. The van der Waals surface area contributed by atoms with Crippen molar-refractivity contribution < 1.29 is 18.0 Å². The fourth-order valence-electron chi connectivity index (χ4n) is 4.72. The van der Waals surface area contributed by atoms with Gasteiger partial charge >= 0.3 is 12.1 Å². The van der Waals surface area contributed by atoms with E-state index in [1.807, 2.05) is 6.07 Å². The lowest BCUT2D eigenvalue weighted by molar-refractivity contribution is -0.186. The van der Waals surface area contributed by atoms with E-state index in [0.29, 0.717) is 6.42 Å². The number of rotatable bonds is 1. The van der Waals surface area contributed by atoms with Gasteiger partial charge in [0.15, 0.2) is 0 Å². The number of carbonyl (C=O) groups excluding carboxylic acids is 1. The molecule has 1 aromatic carbocycles. The molecular weight excluding hydrogens is 369 g/mol. The molecule has 8 heteroatoms. The molecule has 150 valence electrons. The molecule has 2 aromatic rings. The van der Waals surface area contributed by atoms with Crippen LogP contribution in [0.1, 0.15) is 36.2 Å². The van der Waals surface area contributed by atoms with Crippen molar-refractivity contribution in [1.29, 1.82) is 0 Å². The Morgan fingerprint density at radius 2 is 1.86 bits per heavy atom. The van der Waals surface area contributed by atoms with Crippen LogP contribution in [0.15, 0.2) is 12.1 Å². The SMILES string of the molecule is O=C(N1CCc2cc3c(cc2C1)nc1n3CCN(C2CCC2)CC1)C(F)(F)F. The lowest BCUT2D eigenvalue weighted by Crippen LogP contribution is -2.43. The van der Waals surface area contributed by atoms with Crippen molar-refractivity contribution in [1.82, 2.24) is 19.4 Å². The van der Waals surface area contributed by atoms with Gasteiger partial charge < -0.3 is 9.47 Å². The van der Waals surface area contributed by atoms with Gasteiger partial charge in [-0.1, -0.05) is 6.42 Å². The second-order valence-corrected chi connectivity index (χ2v) is 8.13. The Morgan fingerprint density at radius 1 is 1.04 bits per heavy atom. The molecule has 0 unspecified atom stereocenters. The van der Waals surface area contributed by atoms with E-state index in [-0.39, 0.29) is 13.1 Å². The summed E-state index contributed by atoms with van der Waals surface area (Å²) in [7, 11) is 0. The molecule has 2 aliphatic heterocycles. The number of hydrogen-bond acceptors (Lipinski definition) is 3. The molecule has 1 saturated carbocycles. The van der Waals surface area contributed by atoms with Crippen LogP contribution in [0, 0.1) is 0 Å². The van der Waals surface area contributed by atoms with Crippen LogP contribution in [-0.4, -0.2) is 57.1 Å². The Hall–Kier alpha value is -2.09. The molecule has 1 aromatic heterocycles. The molecule has 5 nitrogen and oxygen atoms in total. The number of imidazole rings is 1. The molecule has 1 aliphatic carbocycles. The highest BCUT2D eigenvalue weighted by molar-refractivity contribution is 5.83. The quantitative estimate of drug-likeness (QED) is 0.750. The van der Waals surface area contributed by atoms with E-state index < -0.39 is 12.1 Å². The van der Waals surface area contributed by atoms with Gasteiger partial charge in [0.05, 0.1) is 11.0 Å². The molecule has 0 atom stereocenters.